The molecule has 0 atom stereocenters. The van der Waals surface area contributed by atoms with E-state index >= 15 is 0 Å². The highest BCUT2D eigenvalue weighted by Gasteiger charge is 2.22. The van der Waals surface area contributed by atoms with E-state index in [-0.39, 0.29) is 0 Å². The lowest BCUT2D eigenvalue weighted by atomic mass is 9.92. The van der Waals surface area contributed by atoms with E-state index in [4.69, 9.17) is 0 Å². The van der Waals surface area contributed by atoms with E-state index < -0.39 is 0 Å². The molecule has 2 heteroatoms. The first-order chi connectivity index (χ1) is 6.20. The van der Waals surface area contributed by atoms with Gasteiger partial charge in [-0.15, -0.1) is 0 Å². The summed E-state index contributed by atoms with van der Waals surface area (Å²) in [5.74, 6) is 0.557. The van der Waals surface area contributed by atoms with Crippen molar-refractivity contribution >= 4 is 0 Å². The van der Waals surface area contributed by atoms with Crippen LogP contribution in [0, 0.1) is 6.92 Å². The van der Waals surface area contributed by atoms with E-state index in [2.05, 4.69) is 30.3 Å². The quantitative estimate of drug-likeness (QED) is 0.680. The molecule has 0 saturated heterocycles. The Morgan fingerprint density at radius 1 is 1.46 bits per heavy atom. The van der Waals surface area contributed by atoms with Gasteiger partial charge in [-0.05, 0) is 32.1 Å². The molecule has 1 aliphatic carbocycles. The molecule has 0 unspecified atom stereocenters. The van der Waals surface area contributed by atoms with Crippen molar-refractivity contribution in [2.24, 2.45) is 0 Å². The number of hydrogen-bond acceptors (Lipinski definition) is 1. The molecule has 0 N–H and O–H groups in total. The second-order valence-electron chi connectivity index (χ2n) is 4.36. The highest BCUT2D eigenvalue weighted by Crippen LogP contribution is 2.33. The maximum absolute atomic E-state index is 4.48. The van der Waals surface area contributed by atoms with Crippen molar-refractivity contribution in [3.8, 4) is 0 Å². The van der Waals surface area contributed by atoms with Crippen molar-refractivity contribution < 1.29 is 0 Å². The maximum atomic E-state index is 4.48. The summed E-state index contributed by atoms with van der Waals surface area (Å²) in [6, 6.07) is 0.750. The fourth-order valence-corrected chi connectivity index (χ4v) is 2.04. The summed E-state index contributed by atoms with van der Waals surface area (Å²) in [6.45, 7) is 6.61. The summed E-state index contributed by atoms with van der Waals surface area (Å²) in [4.78, 5) is 4.48. The summed E-state index contributed by atoms with van der Waals surface area (Å²) in [5, 5.41) is 0. The van der Waals surface area contributed by atoms with Crippen LogP contribution in [0.4, 0.5) is 0 Å². The Hall–Kier alpha value is -0.790. The van der Waals surface area contributed by atoms with E-state index in [9.17, 15) is 0 Å². The standard InChI is InChI=1S/C11H18N2/c1-8(2)11-9(3)13(7-12-11)10-5-4-6-10/h7-8,10H,4-6H2,1-3H3. The molecule has 2 nitrogen and oxygen atoms in total. The molecular weight excluding hydrogens is 160 g/mol. The molecular formula is C11H18N2. The molecule has 0 amide bonds. The van der Waals surface area contributed by atoms with Crippen LogP contribution in [-0.2, 0) is 0 Å². The lowest BCUT2D eigenvalue weighted by molar-refractivity contribution is 0.309. The highest BCUT2D eigenvalue weighted by molar-refractivity contribution is 5.16. The second kappa shape index (κ2) is 3.17. The first-order valence-corrected chi connectivity index (χ1v) is 5.23. The smallest absolute Gasteiger partial charge is 0.0954 e. The van der Waals surface area contributed by atoms with Crippen LogP contribution in [-0.4, -0.2) is 9.55 Å². The zero-order valence-corrected chi connectivity index (χ0v) is 8.75. The Kier molecular flexibility index (Phi) is 2.14. The molecule has 1 fully saturated rings. The Balaban J connectivity index is 2.27. The molecule has 0 aliphatic heterocycles. The van der Waals surface area contributed by atoms with Gasteiger partial charge in [0.1, 0.15) is 0 Å². The van der Waals surface area contributed by atoms with Crippen molar-refractivity contribution in [2.45, 2.75) is 52.0 Å². The van der Waals surface area contributed by atoms with Crippen LogP contribution in [0.2, 0.25) is 0 Å². The van der Waals surface area contributed by atoms with Crippen LogP contribution in [0.3, 0.4) is 0 Å². The Morgan fingerprint density at radius 3 is 2.54 bits per heavy atom. The van der Waals surface area contributed by atoms with Crippen LogP contribution in [0.25, 0.3) is 0 Å². The number of hydrogen-bond donors (Lipinski definition) is 0. The fraction of sp³-hybridized carbons (Fsp3) is 0.727. The van der Waals surface area contributed by atoms with Gasteiger partial charge in [-0.1, -0.05) is 13.8 Å². The SMILES string of the molecule is Cc1c(C(C)C)ncn1C1CCC1. The summed E-state index contributed by atoms with van der Waals surface area (Å²) in [7, 11) is 0. The first-order valence-electron chi connectivity index (χ1n) is 5.23. The van der Waals surface area contributed by atoms with Crippen LogP contribution in [0.1, 0.15) is 56.5 Å². The molecule has 1 aromatic heterocycles. The third-order valence-electron chi connectivity index (χ3n) is 3.09. The number of nitrogens with zero attached hydrogens (tertiary/aromatic N) is 2. The van der Waals surface area contributed by atoms with Gasteiger partial charge < -0.3 is 4.57 Å². The summed E-state index contributed by atoms with van der Waals surface area (Å²) in [6.07, 6.45) is 6.09. The molecule has 72 valence electrons. The van der Waals surface area contributed by atoms with Crippen molar-refractivity contribution in [3.05, 3.63) is 17.7 Å². The van der Waals surface area contributed by atoms with Crippen LogP contribution in [0.15, 0.2) is 6.33 Å². The monoisotopic (exact) mass is 178 g/mol. The van der Waals surface area contributed by atoms with Gasteiger partial charge in [-0.2, -0.15) is 0 Å². The highest BCUT2D eigenvalue weighted by atomic mass is 15.1. The van der Waals surface area contributed by atoms with Gasteiger partial charge in [-0.25, -0.2) is 4.98 Å². The summed E-state index contributed by atoms with van der Waals surface area (Å²) >= 11 is 0. The molecule has 13 heavy (non-hydrogen) atoms. The van der Waals surface area contributed by atoms with Gasteiger partial charge in [-0.3, -0.25) is 0 Å². The Labute approximate surface area is 80.0 Å². The van der Waals surface area contributed by atoms with Crippen LogP contribution >= 0.6 is 0 Å². The van der Waals surface area contributed by atoms with Gasteiger partial charge >= 0.3 is 0 Å². The maximum Gasteiger partial charge on any atom is 0.0954 e. The third-order valence-corrected chi connectivity index (χ3v) is 3.09. The van der Waals surface area contributed by atoms with Gasteiger partial charge in [0.05, 0.1) is 12.0 Å². The zero-order valence-electron chi connectivity index (χ0n) is 8.75. The van der Waals surface area contributed by atoms with Crippen molar-refractivity contribution in [1.82, 2.24) is 9.55 Å². The Bertz CT molecular complexity index is 295. The van der Waals surface area contributed by atoms with E-state index in [1.54, 1.807) is 0 Å². The van der Waals surface area contributed by atoms with E-state index in [0.29, 0.717) is 5.92 Å². The average Bonchev–Trinajstić information content (AvgIpc) is 2.29. The third kappa shape index (κ3) is 1.38. The average molecular weight is 178 g/mol. The Morgan fingerprint density at radius 2 is 2.15 bits per heavy atom. The molecule has 0 bridgehead atoms. The lowest BCUT2D eigenvalue weighted by Gasteiger charge is -2.28. The van der Waals surface area contributed by atoms with Crippen molar-refractivity contribution in [3.63, 3.8) is 0 Å². The molecule has 1 heterocycles. The lowest BCUT2D eigenvalue weighted by Crippen LogP contribution is -2.17. The van der Waals surface area contributed by atoms with Gasteiger partial charge in [0.25, 0.3) is 0 Å². The predicted octanol–water partition coefficient (Wildman–Crippen LogP) is 3.04. The molecule has 0 spiro atoms. The molecule has 2 rings (SSSR count). The molecule has 0 radical (unpaired) electrons. The minimum atomic E-state index is 0.557. The second-order valence-corrected chi connectivity index (χ2v) is 4.36. The van der Waals surface area contributed by atoms with E-state index in [0.717, 1.165) is 6.04 Å². The minimum absolute atomic E-state index is 0.557. The van der Waals surface area contributed by atoms with Crippen LogP contribution < -0.4 is 0 Å². The first kappa shape index (κ1) is 8.79. The minimum Gasteiger partial charge on any atom is -0.332 e. The molecule has 1 aromatic rings. The van der Waals surface area contributed by atoms with E-state index in [1.807, 2.05) is 6.33 Å². The normalized spacial score (nSPS) is 17.8. The topological polar surface area (TPSA) is 17.8 Å². The molecule has 1 aliphatic rings. The van der Waals surface area contributed by atoms with Crippen molar-refractivity contribution in [2.75, 3.05) is 0 Å². The van der Waals surface area contributed by atoms with Crippen molar-refractivity contribution in [1.29, 1.82) is 0 Å². The number of imidazole rings is 1. The van der Waals surface area contributed by atoms with E-state index in [1.165, 1.54) is 30.7 Å². The van der Waals surface area contributed by atoms with Gasteiger partial charge in [0, 0.05) is 11.7 Å². The largest absolute Gasteiger partial charge is 0.332 e. The summed E-state index contributed by atoms with van der Waals surface area (Å²) in [5.41, 5.74) is 2.65. The van der Waals surface area contributed by atoms with Gasteiger partial charge in [0.2, 0.25) is 0 Å². The molecule has 1 saturated carbocycles. The number of rotatable bonds is 2. The van der Waals surface area contributed by atoms with Crippen LogP contribution in [0.5, 0.6) is 0 Å². The summed E-state index contributed by atoms with van der Waals surface area (Å²) < 4.78 is 2.36. The predicted molar refractivity (Wildman–Crippen MR) is 53.9 cm³/mol. The molecule has 0 aromatic carbocycles. The fourth-order valence-electron chi connectivity index (χ4n) is 2.04. The van der Waals surface area contributed by atoms with Gasteiger partial charge in [0.15, 0.2) is 0 Å². The number of aromatic nitrogens is 2. The zero-order chi connectivity index (χ0) is 9.42.